The van der Waals surface area contributed by atoms with Crippen LogP contribution in [0, 0.1) is 6.92 Å². The molecule has 0 radical (unpaired) electrons. The molecule has 27 heavy (non-hydrogen) atoms. The maximum atomic E-state index is 12.6. The lowest BCUT2D eigenvalue weighted by Crippen LogP contribution is -2.31. The highest BCUT2D eigenvalue weighted by Crippen LogP contribution is 2.18. The van der Waals surface area contributed by atoms with Crippen LogP contribution in [-0.2, 0) is 6.54 Å². The number of pyridine rings is 2. The van der Waals surface area contributed by atoms with E-state index in [0.717, 1.165) is 30.0 Å². The molecule has 138 valence electrons. The molecule has 7 heteroatoms. The van der Waals surface area contributed by atoms with Crippen molar-refractivity contribution >= 4 is 17.4 Å². The highest BCUT2D eigenvalue weighted by molar-refractivity contribution is 5.93. The van der Waals surface area contributed by atoms with Gasteiger partial charge >= 0.3 is 0 Å². The second-order valence-electron chi connectivity index (χ2n) is 6.81. The molecular formula is C20H21N5O2. The predicted molar refractivity (Wildman–Crippen MR) is 103 cm³/mol. The second-order valence-corrected chi connectivity index (χ2v) is 6.81. The third kappa shape index (κ3) is 3.53. The lowest BCUT2D eigenvalue weighted by molar-refractivity contribution is 0.0949. The molecule has 1 fully saturated rings. The number of hydrogen-bond acceptors (Lipinski definition) is 5. The Labute approximate surface area is 156 Å². The standard InChI is InChI=1S/C20H21N5O2/c1-14-4-5-17-22-12-16(20(27)25(17)13-14)19(26)23-11-15-6-7-21-18(10-15)24-8-2-3-9-24/h4-7,10,12-13H,2-3,8-9,11H2,1H3,(H,23,26). The zero-order chi connectivity index (χ0) is 18.8. The lowest BCUT2D eigenvalue weighted by Gasteiger charge is -2.17. The van der Waals surface area contributed by atoms with Gasteiger partial charge in [-0.3, -0.25) is 14.0 Å². The van der Waals surface area contributed by atoms with Crippen molar-refractivity contribution in [1.82, 2.24) is 19.7 Å². The molecule has 7 nitrogen and oxygen atoms in total. The summed E-state index contributed by atoms with van der Waals surface area (Å²) < 4.78 is 1.40. The van der Waals surface area contributed by atoms with Crippen molar-refractivity contribution in [2.75, 3.05) is 18.0 Å². The average molecular weight is 363 g/mol. The molecule has 4 heterocycles. The van der Waals surface area contributed by atoms with Crippen LogP contribution in [0.5, 0.6) is 0 Å². The van der Waals surface area contributed by atoms with Crippen molar-refractivity contribution in [2.45, 2.75) is 26.3 Å². The summed E-state index contributed by atoms with van der Waals surface area (Å²) >= 11 is 0. The van der Waals surface area contributed by atoms with Gasteiger partial charge in [0.2, 0.25) is 0 Å². The fraction of sp³-hybridized carbons (Fsp3) is 0.300. The third-order valence-corrected chi connectivity index (χ3v) is 4.79. The third-order valence-electron chi connectivity index (χ3n) is 4.79. The Balaban J connectivity index is 1.51. The van der Waals surface area contributed by atoms with Crippen LogP contribution in [0.25, 0.3) is 5.65 Å². The SMILES string of the molecule is Cc1ccc2ncc(C(=O)NCc3ccnc(N4CCCC4)c3)c(=O)n2c1. The fourth-order valence-electron chi connectivity index (χ4n) is 3.31. The first-order chi connectivity index (χ1) is 13.1. The van der Waals surface area contributed by atoms with E-state index in [1.165, 1.54) is 23.4 Å². The molecule has 3 aromatic rings. The zero-order valence-electron chi connectivity index (χ0n) is 15.2. The van der Waals surface area contributed by atoms with E-state index in [0.29, 0.717) is 12.2 Å². The monoisotopic (exact) mass is 363 g/mol. The Morgan fingerprint density at radius 2 is 2.00 bits per heavy atom. The van der Waals surface area contributed by atoms with Crippen LogP contribution in [0.2, 0.25) is 0 Å². The smallest absolute Gasteiger partial charge is 0.270 e. The van der Waals surface area contributed by atoms with Crippen LogP contribution in [0.3, 0.4) is 0 Å². The molecular weight excluding hydrogens is 342 g/mol. The molecule has 0 spiro atoms. The number of rotatable bonds is 4. The Hall–Kier alpha value is -3.22. The van der Waals surface area contributed by atoms with Gasteiger partial charge in [0.05, 0.1) is 0 Å². The number of nitrogens with one attached hydrogen (secondary N) is 1. The first-order valence-electron chi connectivity index (χ1n) is 9.08. The largest absolute Gasteiger partial charge is 0.357 e. The minimum atomic E-state index is -0.428. The lowest BCUT2D eigenvalue weighted by atomic mass is 10.2. The molecule has 0 unspecified atom stereocenters. The summed E-state index contributed by atoms with van der Waals surface area (Å²) in [5, 5.41) is 2.81. The maximum Gasteiger partial charge on any atom is 0.270 e. The Bertz CT molecular complexity index is 1050. The number of nitrogens with zero attached hydrogens (tertiary/aromatic N) is 4. The molecule has 0 aromatic carbocycles. The van der Waals surface area contributed by atoms with E-state index in [9.17, 15) is 9.59 Å². The number of aromatic nitrogens is 3. The number of carbonyl (C=O) groups is 1. The number of aryl methyl sites for hydroxylation is 1. The van der Waals surface area contributed by atoms with Crippen LogP contribution in [0.4, 0.5) is 5.82 Å². The van der Waals surface area contributed by atoms with Gasteiger partial charge in [-0.05, 0) is 49.1 Å². The van der Waals surface area contributed by atoms with Gasteiger partial charge < -0.3 is 10.2 Å². The van der Waals surface area contributed by atoms with E-state index in [1.807, 2.05) is 25.1 Å². The van der Waals surface area contributed by atoms with Gasteiger partial charge in [0.25, 0.3) is 11.5 Å². The molecule has 1 N–H and O–H groups in total. The van der Waals surface area contributed by atoms with E-state index in [4.69, 9.17) is 0 Å². The van der Waals surface area contributed by atoms with Crippen molar-refractivity contribution in [3.05, 3.63) is 69.9 Å². The van der Waals surface area contributed by atoms with Crippen LogP contribution in [-0.4, -0.2) is 33.4 Å². The molecule has 1 amide bonds. The van der Waals surface area contributed by atoms with E-state index in [-0.39, 0.29) is 11.1 Å². The first kappa shape index (κ1) is 17.2. The molecule has 1 aliphatic rings. The van der Waals surface area contributed by atoms with Gasteiger partial charge in [0, 0.05) is 38.2 Å². The Kier molecular flexibility index (Phi) is 4.58. The van der Waals surface area contributed by atoms with E-state index in [2.05, 4.69) is 20.2 Å². The summed E-state index contributed by atoms with van der Waals surface area (Å²) in [5.74, 6) is 0.505. The van der Waals surface area contributed by atoms with Crippen molar-refractivity contribution in [3.8, 4) is 0 Å². The van der Waals surface area contributed by atoms with Crippen LogP contribution < -0.4 is 15.8 Å². The van der Waals surface area contributed by atoms with Gasteiger partial charge in [-0.2, -0.15) is 0 Å². The number of anilines is 1. The van der Waals surface area contributed by atoms with Crippen molar-refractivity contribution < 1.29 is 4.79 Å². The summed E-state index contributed by atoms with van der Waals surface area (Å²) in [7, 11) is 0. The highest BCUT2D eigenvalue weighted by Gasteiger charge is 2.15. The number of amides is 1. The minimum absolute atomic E-state index is 0.0342. The quantitative estimate of drug-likeness (QED) is 0.766. The molecule has 0 saturated carbocycles. The summed E-state index contributed by atoms with van der Waals surface area (Å²) in [6, 6.07) is 7.49. The topological polar surface area (TPSA) is 79.6 Å². The molecule has 4 rings (SSSR count). The number of carbonyl (C=O) groups excluding carboxylic acids is 1. The number of hydrogen-bond donors (Lipinski definition) is 1. The minimum Gasteiger partial charge on any atom is -0.357 e. The van der Waals surface area contributed by atoms with E-state index >= 15 is 0 Å². The molecule has 0 aliphatic carbocycles. The van der Waals surface area contributed by atoms with Crippen LogP contribution in [0.1, 0.15) is 34.3 Å². The molecule has 1 aliphatic heterocycles. The summed E-state index contributed by atoms with van der Waals surface area (Å²) in [5.41, 5.74) is 2.06. The Morgan fingerprint density at radius 3 is 2.81 bits per heavy atom. The van der Waals surface area contributed by atoms with Crippen molar-refractivity contribution in [1.29, 1.82) is 0 Å². The molecule has 0 bridgehead atoms. The van der Waals surface area contributed by atoms with Gasteiger partial charge in [-0.15, -0.1) is 0 Å². The summed E-state index contributed by atoms with van der Waals surface area (Å²) in [4.78, 5) is 36.0. The highest BCUT2D eigenvalue weighted by atomic mass is 16.2. The van der Waals surface area contributed by atoms with Gasteiger partial charge in [-0.1, -0.05) is 6.07 Å². The summed E-state index contributed by atoms with van der Waals surface area (Å²) in [6.45, 7) is 4.25. The number of fused-ring (bicyclic) bond motifs is 1. The van der Waals surface area contributed by atoms with E-state index < -0.39 is 5.91 Å². The van der Waals surface area contributed by atoms with Crippen molar-refractivity contribution in [2.24, 2.45) is 0 Å². The predicted octanol–water partition coefficient (Wildman–Crippen LogP) is 1.93. The summed E-state index contributed by atoms with van der Waals surface area (Å²) in [6.07, 6.45) is 7.14. The second kappa shape index (κ2) is 7.19. The van der Waals surface area contributed by atoms with Crippen molar-refractivity contribution in [3.63, 3.8) is 0 Å². The fourth-order valence-corrected chi connectivity index (χ4v) is 3.31. The first-order valence-corrected chi connectivity index (χ1v) is 9.08. The van der Waals surface area contributed by atoms with Crippen LogP contribution in [0.15, 0.2) is 47.7 Å². The molecule has 3 aromatic heterocycles. The van der Waals surface area contributed by atoms with Gasteiger partial charge in [-0.25, -0.2) is 9.97 Å². The van der Waals surface area contributed by atoms with Gasteiger partial charge in [0.15, 0.2) is 0 Å². The van der Waals surface area contributed by atoms with Gasteiger partial charge in [0.1, 0.15) is 17.0 Å². The normalized spacial score (nSPS) is 13.9. The van der Waals surface area contributed by atoms with Crippen LogP contribution >= 0.6 is 0 Å². The zero-order valence-corrected chi connectivity index (χ0v) is 15.2. The molecule has 1 saturated heterocycles. The Morgan fingerprint density at radius 1 is 1.19 bits per heavy atom. The van der Waals surface area contributed by atoms with E-state index in [1.54, 1.807) is 18.5 Å². The average Bonchev–Trinajstić information content (AvgIpc) is 3.22. The molecule has 0 atom stereocenters. The maximum absolute atomic E-state index is 12.6.